The summed E-state index contributed by atoms with van der Waals surface area (Å²) in [4.78, 5) is 18.8. The van der Waals surface area contributed by atoms with Gasteiger partial charge in [-0.15, -0.1) is 0 Å². The van der Waals surface area contributed by atoms with Crippen molar-refractivity contribution in [2.75, 3.05) is 33.0 Å². The van der Waals surface area contributed by atoms with Crippen LogP contribution >= 0.6 is 0 Å². The molecular weight excluding hydrogens is 420 g/mol. The Morgan fingerprint density at radius 3 is 1.10 bits per heavy atom. The third-order valence-corrected chi connectivity index (χ3v) is 2.65. The molecule has 0 aliphatic rings. The van der Waals surface area contributed by atoms with Crippen LogP contribution in [0.2, 0.25) is 0 Å². The van der Waals surface area contributed by atoms with Gasteiger partial charge in [-0.05, 0) is 0 Å². The number of aliphatic hydroxyl groups is 12. The highest BCUT2D eigenvalue weighted by atomic mass is 16.4. The molecule has 30 heavy (non-hydrogen) atoms. The first-order chi connectivity index (χ1) is 13.8. The average Bonchev–Trinajstić information content (AvgIpc) is 2.75. The van der Waals surface area contributed by atoms with Gasteiger partial charge in [-0.25, -0.2) is 0 Å². The van der Waals surface area contributed by atoms with Crippen molar-refractivity contribution >= 4 is 12.3 Å². The molecule has 0 heterocycles. The van der Waals surface area contributed by atoms with Gasteiger partial charge in [-0.3, -0.25) is 4.79 Å². The van der Waals surface area contributed by atoms with E-state index in [0.29, 0.717) is 0 Å². The van der Waals surface area contributed by atoms with E-state index in [-0.39, 0.29) is 19.5 Å². The number of carboxylic acid groups (broad SMARTS) is 1. The van der Waals surface area contributed by atoms with Gasteiger partial charge in [0.15, 0.2) is 6.29 Å². The molecule has 15 heteroatoms. The van der Waals surface area contributed by atoms with E-state index in [9.17, 15) is 4.79 Å². The van der Waals surface area contributed by atoms with Gasteiger partial charge >= 0.3 is 0 Å². The summed E-state index contributed by atoms with van der Waals surface area (Å²) in [5, 5.41) is 108. The number of hydrogen-bond donors (Lipinski definition) is 13. The van der Waals surface area contributed by atoms with E-state index < -0.39 is 68.5 Å². The van der Waals surface area contributed by atoms with Crippen molar-refractivity contribution < 1.29 is 76.0 Å². The molecule has 13 N–H and O–H groups in total. The Hall–Kier alpha value is -1.34. The molecule has 0 unspecified atom stereocenters. The van der Waals surface area contributed by atoms with Gasteiger partial charge in [0.05, 0.1) is 33.0 Å². The second-order valence-electron chi connectivity index (χ2n) is 5.40. The molecule has 0 rings (SSSR count). The zero-order valence-corrected chi connectivity index (χ0v) is 16.3. The number of carboxylic acids is 1. The number of aldehydes is 1. The Morgan fingerprint density at radius 1 is 0.667 bits per heavy atom. The van der Waals surface area contributed by atoms with Gasteiger partial charge in [0, 0.05) is 6.92 Å². The van der Waals surface area contributed by atoms with Crippen LogP contribution in [0, 0.1) is 0 Å². The highest BCUT2D eigenvalue weighted by Crippen LogP contribution is 1.98. The van der Waals surface area contributed by atoms with Crippen LogP contribution in [0.25, 0.3) is 0 Å². The van der Waals surface area contributed by atoms with Gasteiger partial charge in [0.2, 0.25) is 0 Å². The maximum Gasteiger partial charge on any atom is 0.300 e. The molecule has 6 atom stereocenters. The van der Waals surface area contributed by atoms with E-state index in [1.807, 2.05) is 0 Å². The molecule has 0 aromatic rings. The van der Waals surface area contributed by atoms with Crippen LogP contribution in [0.3, 0.4) is 0 Å². The molecule has 0 aliphatic heterocycles. The molecule has 15 nitrogen and oxygen atoms in total. The van der Waals surface area contributed by atoms with Gasteiger partial charge in [-0.2, -0.15) is 0 Å². The Kier molecular flexibility index (Phi) is 28.8. The second kappa shape index (κ2) is 23.9. The minimum absolute atomic E-state index is 0.0869. The minimum Gasteiger partial charge on any atom is -0.481 e. The monoisotopic (exact) mass is 454 g/mol. The molecule has 0 spiro atoms. The summed E-state index contributed by atoms with van der Waals surface area (Å²) in [5.74, 6) is -0.833. The van der Waals surface area contributed by atoms with Gasteiger partial charge in [0.25, 0.3) is 5.97 Å². The number of aliphatic hydroxyl groups excluding tert-OH is 12. The van der Waals surface area contributed by atoms with Crippen LogP contribution in [0.4, 0.5) is 0 Å². The first kappa shape index (κ1) is 36.1. The van der Waals surface area contributed by atoms with Crippen LogP contribution in [0.5, 0.6) is 0 Å². The number of hydrogen-bond acceptors (Lipinski definition) is 14. The average molecular weight is 454 g/mol. The van der Waals surface area contributed by atoms with Gasteiger partial charge < -0.3 is 71.2 Å². The number of rotatable bonds is 10. The smallest absolute Gasteiger partial charge is 0.300 e. The third kappa shape index (κ3) is 24.7. The summed E-state index contributed by atoms with van der Waals surface area (Å²) in [6.07, 6.45) is -9.88. The van der Waals surface area contributed by atoms with Crippen molar-refractivity contribution in [1.29, 1.82) is 0 Å². The zero-order valence-electron chi connectivity index (χ0n) is 16.3. The van der Waals surface area contributed by atoms with Gasteiger partial charge in [0.1, 0.15) is 42.7 Å². The molecule has 0 amide bonds. The Morgan fingerprint density at radius 2 is 0.933 bits per heavy atom. The standard InChI is InChI=1S/C5H12O5.C5H10O5.C3H8O3.C2H4O2/c2*6-1-3(8)5(10)4(9)2-7;4-1-3(6)2-5;1-2(3)4/h3-10H,1-2H2;1,3-5,7-10H,2H2;3-6H,1-2H2;1H3,(H,3,4)/t2*3-,4+,5+;;/m.0../s1. The molecule has 0 aliphatic carbocycles. The summed E-state index contributed by atoms with van der Waals surface area (Å²) < 4.78 is 0. The van der Waals surface area contributed by atoms with Crippen LogP contribution < -0.4 is 0 Å². The van der Waals surface area contributed by atoms with E-state index in [2.05, 4.69) is 0 Å². The fourth-order valence-electron chi connectivity index (χ4n) is 0.946. The Labute approximate surface area is 172 Å². The summed E-state index contributed by atoms with van der Waals surface area (Å²) in [6, 6.07) is 0. The highest BCUT2D eigenvalue weighted by Gasteiger charge is 2.23. The maximum atomic E-state index is 9.76. The lowest BCUT2D eigenvalue weighted by Crippen LogP contribution is -2.41. The molecule has 0 saturated carbocycles. The summed E-state index contributed by atoms with van der Waals surface area (Å²) in [7, 11) is 0. The summed E-state index contributed by atoms with van der Waals surface area (Å²) in [5.41, 5.74) is 0. The van der Waals surface area contributed by atoms with Crippen LogP contribution in [0.1, 0.15) is 6.92 Å². The van der Waals surface area contributed by atoms with Crippen LogP contribution in [0.15, 0.2) is 0 Å². The van der Waals surface area contributed by atoms with Crippen molar-refractivity contribution in [3.05, 3.63) is 0 Å². The van der Waals surface area contributed by atoms with Crippen molar-refractivity contribution in [3.63, 3.8) is 0 Å². The second-order valence-corrected chi connectivity index (χ2v) is 5.40. The molecule has 0 bridgehead atoms. The lowest BCUT2D eigenvalue weighted by molar-refractivity contribution is -0.134. The lowest BCUT2D eigenvalue weighted by atomic mass is 10.1. The predicted octanol–water partition coefficient (Wildman–Crippen LogP) is -7.26. The largest absolute Gasteiger partial charge is 0.481 e. The Bertz CT molecular complexity index is 365. The summed E-state index contributed by atoms with van der Waals surface area (Å²) in [6.45, 7) is -1.62. The van der Waals surface area contributed by atoms with E-state index in [0.717, 1.165) is 6.92 Å². The van der Waals surface area contributed by atoms with Gasteiger partial charge in [-0.1, -0.05) is 0 Å². The van der Waals surface area contributed by atoms with E-state index >= 15 is 0 Å². The van der Waals surface area contributed by atoms with Crippen molar-refractivity contribution in [2.45, 2.75) is 49.7 Å². The number of carbonyl (C=O) groups excluding carboxylic acids is 1. The minimum atomic E-state index is -1.64. The molecule has 0 fully saturated rings. The van der Waals surface area contributed by atoms with Crippen molar-refractivity contribution in [2.24, 2.45) is 0 Å². The number of carbonyl (C=O) groups is 2. The van der Waals surface area contributed by atoms with E-state index in [1.165, 1.54) is 0 Å². The van der Waals surface area contributed by atoms with Crippen molar-refractivity contribution in [1.82, 2.24) is 0 Å². The first-order valence-electron chi connectivity index (χ1n) is 8.26. The molecular formula is C15H34O15. The normalized spacial score (nSPS) is 16.1. The fourth-order valence-corrected chi connectivity index (χ4v) is 0.946. The molecule has 0 aromatic carbocycles. The third-order valence-electron chi connectivity index (χ3n) is 2.65. The van der Waals surface area contributed by atoms with E-state index in [4.69, 9.17) is 71.2 Å². The zero-order chi connectivity index (χ0) is 24.9. The maximum absolute atomic E-state index is 9.76. The predicted molar refractivity (Wildman–Crippen MR) is 96.9 cm³/mol. The molecule has 0 aromatic heterocycles. The van der Waals surface area contributed by atoms with Crippen molar-refractivity contribution in [3.8, 4) is 0 Å². The van der Waals surface area contributed by atoms with Crippen LogP contribution in [-0.4, -0.2) is 154 Å². The molecule has 0 saturated heterocycles. The molecule has 0 radical (unpaired) electrons. The number of aliphatic carboxylic acids is 1. The first-order valence-corrected chi connectivity index (χ1v) is 8.26. The SMILES string of the molecule is CC(=O)O.O=C[C@H](O)[C@@H](O)[C@H](O)CO.OCC(O)CO.OC[C@@H](O)[C@H](O)[C@@H](O)CO. The molecule has 184 valence electrons. The summed E-state index contributed by atoms with van der Waals surface area (Å²) >= 11 is 0. The highest BCUT2D eigenvalue weighted by molar-refractivity contribution is 5.62. The topological polar surface area (TPSA) is 297 Å². The lowest BCUT2D eigenvalue weighted by Gasteiger charge is -2.19. The van der Waals surface area contributed by atoms with E-state index in [1.54, 1.807) is 0 Å². The fraction of sp³-hybridized carbons (Fsp3) is 0.867. The quantitative estimate of drug-likeness (QED) is 0.136. The van der Waals surface area contributed by atoms with Crippen LogP contribution in [-0.2, 0) is 9.59 Å². The Balaban J connectivity index is -0.000000159.